The highest BCUT2D eigenvalue weighted by atomic mass is 32.1. The number of aryl methyl sites for hydroxylation is 1. The molecule has 100 valence electrons. The van der Waals surface area contributed by atoms with Crippen molar-refractivity contribution in [1.82, 2.24) is 10.3 Å². The molecule has 1 aromatic heterocycles. The fraction of sp³-hybridized carbons (Fsp3) is 0.800. The van der Waals surface area contributed by atoms with Crippen molar-refractivity contribution in [2.45, 2.75) is 59.5 Å². The Hall–Kier alpha value is -0.410. The molecule has 2 aliphatic rings. The molecule has 2 saturated carbocycles. The fourth-order valence-electron chi connectivity index (χ4n) is 4.48. The lowest BCUT2D eigenvalue weighted by molar-refractivity contribution is 0.108. The van der Waals surface area contributed by atoms with Crippen LogP contribution in [0.4, 0.5) is 0 Å². The molecule has 1 aromatic rings. The summed E-state index contributed by atoms with van der Waals surface area (Å²) in [4.78, 5) is 5.78. The first-order valence-corrected chi connectivity index (χ1v) is 7.88. The summed E-state index contributed by atoms with van der Waals surface area (Å²) in [5, 5.41) is 5.05. The van der Waals surface area contributed by atoms with Gasteiger partial charge >= 0.3 is 0 Å². The van der Waals surface area contributed by atoms with Crippen LogP contribution < -0.4 is 5.32 Å². The lowest BCUT2D eigenvalue weighted by Crippen LogP contribution is -2.49. The largest absolute Gasteiger partial charge is 0.307 e. The summed E-state index contributed by atoms with van der Waals surface area (Å²) in [6.07, 6.45) is 6.22. The van der Waals surface area contributed by atoms with E-state index in [2.05, 4.69) is 38.0 Å². The molecule has 0 saturated heterocycles. The van der Waals surface area contributed by atoms with E-state index in [0.717, 1.165) is 12.5 Å². The predicted octanol–water partition coefficient (Wildman–Crippen LogP) is 3.76. The van der Waals surface area contributed by atoms with Crippen LogP contribution in [0.3, 0.4) is 0 Å². The molecule has 2 fully saturated rings. The zero-order valence-corrected chi connectivity index (χ0v) is 12.7. The minimum Gasteiger partial charge on any atom is -0.307 e. The van der Waals surface area contributed by atoms with E-state index in [1.807, 2.05) is 17.5 Å². The van der Waals surface area contributed by atoms with Crippen LogP contribution in [0.2, 0.25) is 0 Å². The topological polar surface area (TPSA) is 24.9 Å². The molecule has 2 nitrogen and oxygen atoms in total. The fourth-order valence-corrected chi connectivity index (χ4v) is 5.22. The first kappa shape index (κ1) is 12.6. The van der Waals surface area contributed by atoms with E-state index in [9.17, 15) is 0 Å². The number of nitrogens with zero attached hydrogens (tertiary/aromatic N) is 1. The van der Waals surface area contributed by atoms with Crippen LogP contribution in [0.25, 0.3) is 0 Å². The van der Waals surface area contributed by atoms with E-state index in [1.165, 1.54) is 29.1 Å². The smallest absolute Gasteiger partial charge is 0.107 e. The molecule has 0 aromatic carbocycles. The molecule has 0 aliphatic heterocycles. The summed E-state index contributed by atoms with van der Waals surface area (Å²) in [7, 11) is 0. The zero-order chi connectivity index (χ0) is 13.0. The van der Waals surface area contributed by atoms with Gasteiger partial charge in [0.1, 0.15) is 5.01 Å². The number of hydrogen-bond donors (Lipinski definition) is 1. The van der Waals surface area contributed by atoms with Gasteiger partial charge in [-0.05, 0) is 42.9 Å². The van der Waals surface area contributed by atoms with E-state index in [1.54, 1.807) is 0 Å². The highest BCUT2D eigenvalue weighted by Gasteiger charge is 2.58. The minimum atomic E-state index is 0.444. The Labute approximate surface area is 114 Å². The SMILES string of the molecule is Cc1cnc(CNC2C3(C)CCC(C3)C2(C)C)s1. The number of hydrogen-bond acceptors (Lipinski definition) is 3. The maximum absolute atomic E-state index is 4.47. The van der Waals surface area contributed by atoms with Crippen molar-refractivity contribution in [3.63, 3.8) is 0 Å². The van der Waals surface area contributed by atoms with Crippen LogP contribution in [0.5, 0.6) is 0 Å². The first-order chi connectivity index (χ1) is 8.42. The lowest BCUT2D eigenvalue weighted by Gasteiger charge is -2.43. The van der Waals surface area contributed by atoms with Gasteiger partial charge in [-0.1, -0.05) is 20.8 Å². The van der Waals surface area contributed by atoms with Gasteiger partial charge in [0.2, 0.25) is 0 Å². The normalized spacial score (nSPS) is 37.3. The second-order valence-electron chi connectivity index (χ2n) is 7.09. The molecule has 3 rings (SSSR count). The molecule has 18 heavy (non-hydrogen) atoms. The Bertz CT molecular complexity index is 446. The van der Waals surface area contributed by atoms with Gasteiger partial charge in [0.05, 0.1) is 0 Å². The number of aromatic nitrogens is 1. The van der Waals surface area contributed by atoms with Crippen molar-refractivity contribution < 1.29 is 0 Å². The molecule has 3 heteroatoms. The summed E-state index contributed by atoms with van der Waals surface area (Å²) >= 11 is 1.82. The molecule has 0 spiro atoms. The van der Waals surface area contributed by atoms with Crippen molar-refractivity contribution in [2.24, 2.45) is 16.7 Å². The lowest BCUT2D eigenvalue weighted by atomic mass is 9.68. The minimum absolute atomic E-state index is 0.444. The Balaban J connectivity index is 1.72. The average molecular weight is 264 g/mol. The highest BCUT2D eigenvalue weighted by molar-refractivity contribution is 7.11. The van der Waals surface area contributed by atoms with E-state index in [-0.39, 0.29) is 0 Å². The van der Waals surface area contributed by atoms with Crippen LogP contribution in [0, 0.1) is 23.7 Å². The second-order valence-corrected chi connectivity index (χ2v) is 8.41. The van der Waals surface area contributed by atoms with Crippen molar-refractivity contribution in [3.8, 4) is 0 Å². The van der Waals surface area contributed by atoms with Crippen LogP contribution in [0.1, 0.15) is 49.9 Å². The van der Waals surface area contributed by atoms with Gasteiger partial charge in [0, 0.05) is 23.7 Å². The van der Waals surface area contributed by atoms with E-state index in [0.29, 0.717) is 16.9 Å². The van der Waals surface area contributed by atoms with Gasteiger partial charge in [-0.3, -0.25) is 0 Å². The third-order valence-corrected chi connectivity index (χ3v) is 6.31. The van der Waals surface area contributed by atoms with Crippen molar-refractivity contribution in [1.29, 1.82) is 0 Å². The maximum atomic E-state index is 4.47. The standard InChI is InChI=1S/C15H24N2S/c1-10-8-16-12(18-10)9-17-13-14(2,3)11-5-6-15(13,4)7-11/h8,11,13,17H,5-7,9H2,1-4H3. The summed E-state index contributed by atoms with van der Waals surface area (Å²) < 4.78 is 0. The Morgan fingerprint density at radius 2 is 2.22 bits per heavy atom. The molecule has 1 heterocycles. The number of thiazole rings is 1. The Kier molecular flexibility index (Phi) is 2.83. The summed E-state index contributed by atoms with van der Waals surface area (Å²) in [6, 6.07) is 0.646. The predicted molar refractivity (Wildman–Crippen MR) is 76.7 cm³/mol. The van der Waals surface area contributed by atoms with Gasteiger partial charge in [-0.25, -0.2) is 4.98 Å². The molecule has 2 bridgehead atoms. The molecule has 1 N–H and O–H groups in total. The summed E-state index contributed by atoms with van der Waals surface area (Å²) in [5.74, 6) is 0.915. The number of nitrogens with one attached hydrogen (secondary N) is 1. The second kappa shape index (κ2) is 4.04. The van der Waals surface area contributed by atoms with E-state index < -0.39 is 0 Å². The molecule has 0 amide bonds. The Morgan fingerprint density at radius 3 is 2.78 bits per heavy atom. The third kappa shape index (κ3) is 1.83. The first-order valence-electron chi connectivity index (χ1n) is 7.06. The van der Waals surface area contributed by atoms with Crippen molar-refractivity contribution >= 4 is 11.3 Å². The Morgan fingerprint density at radius 1 is 1.44 bits per heavy atom. The van der Waals surface area contributed by atoms with Crippen LogP contribution >= 0.6 is 11.3 Å². The maximum Gasteiger partial charge on any atom is 0.107 e. The number of rotatable bonds is 3. The third-order valence-electron chi connectivity index (χ3n) is 5.40. The van der Waals surface area contributed by atoms with Gasteiger partial charge in [0.15, 0.2) is 0 Å². The molecule has 0 radical (unpaired) electrons. The highest BCUT2D eigenvalue weighted by Crippen LogP contribution is 2.62. The van der Waals surface area contributed by atoms with Crippen LogP contribution in [-0.4, -0.2) is 11.0 Å². The molecule has 3 atom stereocenters. The van der Waals surface area contributed by atoms with Gasteiger partial charge in [0.25, 0.3) is 0 Å². The molecular weight excluding hydrogens is 240 g/mol. The quantitative estimate of drug-likeness (QED) is 0.899. The van der Waals surface area contributed by atoms with Gasteiger partial charge in [-0.2, -0.15) is 0 Å². The van der Waals surface area contributed by atoms with E-state index >= 15 is 0 Å². The monoisotopic (exact) mass is 264 g/mol. The summed E-state index contributed by atoms with van der Waals surface area (Å²) in [5.41, 5.74) is 0.958. The molecular formula is C15H24N2S. The van der Waals surface area contributed by atoms with Crippen molar-refractivity contribution in [2.75, 3.05) is 0 Å². The van der Waals surface area contributed by atoms with Gasteiger partial charge in [-0.15, -0.1) is 11.3 Å². The van der Waals surface area contributed by atoms with E-state index in [4.69, 9.17) is 0 Å². The molecule has 2 aliphatic carbocycles. The zero-order valence-electron chi connectivity index (χ0n) is 11.9. The number of fused-ring (bicyclic) bond motifs is 2. The van der Waals surface area contributed by atoms with Crippen LogP contribution in [0.15, 0.2) is 6.20 Å². The van der Waals surface area contributed by atoms with Gasteiger partial charge < -0.3 is 5.32 Å². The van der Waals surface area contributed by atoms with Crippen molar-refractivity contribution in [3.05, 3.63) is 16.1 Å². The van der Waals surface area contributed by atoms with Crippen LogP contribution in [-0.2, 0) is 6.54 Å². The molecule has 3 unspecified atom stereocenters. The summed E-state index contributed by atoms with van der Waals surface area (Å²) in [6.45, 7) is 10.4. The average Bonchev–Trinajstić information content (AvgIpc) is 2.89.